The molecule has 0 fully saturated rings. The van der Waals surface area contributed by atoms with Gasteiger partial charge in [-0.05, 0) is 25.1 Å². The van der Waals surface area contributed by atoms with Gasteiger partial charge < -0.3 is 15.5 Å². The number of nitrogens with one attached hydrogen (secondary N) is 1. The summed E-state index contributed by atoms with van der Waals surface area (Å²) >= 11 is 5.75. The molecule has 0 radical (unpaired) electrons. The van der Waals surface area contributed by atoms with E-state index in [1.165, 1.54) is 19.1 Å². The highest BCUT2D eigenvalue weighted by molar-refractivity contribution is 7.90. The van der Waals surface area contributed by atoms with Crippen LogP contribution in [0.5, 0.6) is 0 Å². The monoisotopic (exact) mass is 335 g/mol. The zero-order chi connectivity index (χ0) is 16.4. The van der Waals surface area contributed by atoms with E-state index in [9.17, 15) is 23.1 Å². The van der Waals surface area contributed by atoms with Crippen molar-refractivity contribution in [2.45, 2.75) is 24.0 Å². The van der Waals surface area contributed by atoms with Crippen LogP contribution in [0.1, 0.15) is 17.3 Å². The van der Waals surface area contributed by atoms with Crippen LogP contribution in [0.3, 0.4) is 0 Å². The summed E-state index contributed by atoms with van der Waals surface area (Å²) in [4.78, 5) is 22.6. The molecule has 0 aliphatic rings. The Bertz CT molecular complexity index is 670. The van der Waals surface area contributed by atoms with E-state index < -0.39 is 33.9 Å². The summed E-state index contributed by atoms with van der Waals surface area (Å²) < 4.78 is 23.0. The Morgan fingerprint density at radius 3 is 2.33 bits per heavy atom. The normalized spacial score (nSPS) is 14.3. The zero-order valence-corrected chi connectivity index (χ0v) is 12.8. The molecule has 7 nitrogen and oxygen atoms in total. The maximum atomic E-state index is 11.9. The van der Waals surface area contributed by atoms with E-state index in [0.717, 1.165) is 12.3 Å². The van der Waals surface area contributed by atoms with Gasteiger partial charge in [0.05, 0.1) is 16.0 Å². The fourth-order valence-electron chi connectivity index (χ4n) is 1.54. The molecular formula is C12H14ClNO6S. The number of aliphatic hydroxyl groups excluding tert-OH is 1. The minimum Gasteiger partial charge on any atom is -0.480 e. The van der Waals surface area contributed by atoms with Gasteiger partial charge >= 0.3 is 5.97 Å². The van der Waals surface area contributed by atoms with E-state index in [2.05, 4.69) is 5.32 Å². The smallest absolute Gasteiger partial charge is 0.328 e. The molecule has 0 aromatic heterocycles. The van der Waals surface area contributed by atoms with Crippen LogP contribution in [0.25, 0.3) is 0 Å². The van der Waals surface area contributed by atoms with Crippen molar-refractivity contribution in [3.05, 3.63) is 28.8 Å². The SMILES string of the molecule is C[C@@H](O)[C@H](NC(=O)c1ccc(Cl)c(S(C)(=O)=O)c1)C(=O)O. The van der Waals surface area contributed by atoms with Crippen molar-refractivity contribution in [2.24, 2.45) is 0 Å². The maximum Gasteiger partial charge on any atom is 0.328 e. The summed E-state index contributed by atoms with van der Waals surface area (Å²) in [6.07, 6.45) is -0.376. The van der Waals surface area contributed by atoms with Crippen LogP contribution in [-0.4, -0.2) is 48.9 Å². The average molecular weight is 336 g/mol. The Hall–Kier alpha value is -1.64. The van der Waals surface area contributed by atoms with Gasteiger partial charge in [0, 0.05) is 11.8 Å². The molecule has 2 atom stereocenters. The Labute approximate surface area is 126 Å². The maximum absolute atomic E-state index is 11.9. The molecule has 0 saturated carbocycles. The van der Waals surface area contributed by atoms with Gasteiger partial charge in [0.15, 0.2) is 15.9 Å². The number of hydrogen-bond acceptors (Lipinski definition) is 5. The van der Waals surface area contributed by atoms with Crippen LogP contribution in [-0.2, 0) is 14.6 Å². The summed E-state index contributed by atoms with van der Waals surface area (Å²) in [5.74, 6) is -2.24. The lowest BCUT2D eigenvalue weighted by Crippen LogP contribution is -2.47. The van der Waals surface area contributed by atoms with Crippen molar-refractivity contribution in [3.8, 4) is 0 Å². The van der Waals surface area contributed by atoms with Crippen LogP contribution < -0.4 is 5.32 Å². The van der Waals surface area contributed by atoms with Crippen molar-refractivity contribution in [1.29, 1.82) is 0 Å². The molecule has 3 N–H and O–H groups in total. The van der Waals surface area contributed by atoms with E-state index in [1.54, 1.807) is 0 Å². The lowest BCUT2D eigenvalue weighted by atomic mass is 10.1. The van der Waals surface area contributed by atoms with Crippen molar-refractivity contribution in [3.63, 3.8) is 0 Å². The molecule has 0 unspecified atom stereocenters. The number of benzene rings is 1. The van der Waals surface area contributed by atoms with Gasteiger partial charge in [-0.3, -0.25) is 4.79 Å². The Morgan fingerprint density at radius 2 is 1.90 bits per heavy atom. The molecule has 116 valence electrons. The van der Waals surface area contributed by atoms with Gasteiger partial charge in [-0.25, -0.2) is 13.2 Å². The third-order valence-corrected chi connectivity index (χ3v) is 4.21. The van der Waals surface area contributed by atoms with E-state index >= 15 is 0 Å². The first-order valence-electron chi connectivity index (χ1n) is 5.75. The Balaban J connectivity index is 3.12. The quantitative estimate of drug-likeness (QED) is 0.712. The highest BCUT2D eigenvalue weighted by Gasteiger charge is 2.26. The molecule has 0 saturated heterocycles. The number of aliphatic carboxylic acids is 1. The van der Waals surface area contributed by atoms with Crippen molar-refractivity contribution in [1.82, 2.24) is 5.32 Å². The van der Waals surface area contributed by atoms with Crippen LogP contribution in [0.4, 0.5) is 0 Å². The van der Waals surface area contributed by atoms with E-state index in [4.69, 9.17) is 16.7 Å². The number of halogens is 1. The fraction of sp³-hybridized carbons (Fsp3) is 0.333. The minimum atomic E-state index is -3.63. The first-order valence-corrected chi connectivity index (χ1v) is 8.02. The third-order valence-electron chi connectivity index (χ3n) is 2.63. The highest BCUT2D eigenvalue weighted by Crippen LogP contribution is 2.22. The van der Waals surface area contributed by atoms with Gasteiger partial charge in [0.1, 0.15) is 0 Å². The molecule has 1 rings (SSSR count). The number of hydrogen-bond donors (Lipinski definition) is 3. The lowest BCUT2D eigenvalue weighted by molar-refractivity contribution is -0.141. The summed E-state index contributed by atoms with van der Waals surface area (Å²) in [5.41, 5.74) is -0.0771. The van der Waals surface area contributed by atoms with Crippen LogP contribution in [0.2, 0.25) is 5.02 Å². The van der Waals surface area contributed by atoms with E-state index in [0.29, 0.717) is 0 Å². The number of carboxylic acid groups (broad SMARTS) is 1. The lowest BCUT2D eigenvalue weighted by Gasteiger charge is -2.17. The fourth-order valence-corrected chi connectivity index (χ4v) is 2.84. The average Bonchev–Trinajstić information content (AvgIpc) is 2.33. The summed E-state index contributed by atoms with van der Waals surface area (Å²) in [6, 6.07) is 2.03. The topological polar surface area (TPSA) is 121 Å². The second-order valence-corrected chi connectivity index (χ2v) is 6.84. The molecule has 9 heteroatoms. The first-order chi connectivity index (χ1) is 9.54. The molecule has 0 heterocycles. The molecule has 0 aliphatic heterocycles. The number of carboxylic acids is 1. The molecule has 1 aromatic carbocycles. The standard InChI is InChI=1S/C12H14ClNO6S/c1-6(15)10(12(17)18)14-11(16)7-3-4-8(13)9(5-7)21(2,19)20/h3-6,10,15H,1-2H3,(H,14,16)(H,17,18)/t6-,10+/m1/s1. The molecular weight excluding hydrogens is 322 g/mol. The predicted octanol–water partition coefficient (Wildman–Crippen LogP) is 0.307. The van der Waals surface area contributed by atoms with Gasteiger partial charge in [-0.1, -0.05) is 11.6 Å². The zero-order valence-electron chi connectivity index (χ0n) is 11.2. The van der Waals surface area contributed by atoms with Crippen LogP contribution in [0, 0.1) is 0 Å². The molecule has 21 heavy (non-hydrogen) atoms. The first kappa shape index (κ1) is 17.4. The molecule has 1 aromatic rings. The number of sulfone groups is 1. The largest absolute Gasteiger partial charge is 0.480 e. The molecule has 0 spiro atoms. The second kappa shape index (κ2) is 6.42. The highest BCUT2D eigenvalue weighted by atomic mass is 35.5. The Kier molecular flexibility index (Phi) is 5.32. The minimum absolute atomic E-state index is 0.0423. The molecule has 0 bridgehead atoms. The van der Waals surface area contributed by atoms with Crippen molar-refractivity contribution in [2.75, 3.05) is 6.26 Å². The number of rotatable bonds is 5. The van der Waals surface area contributed by atoms with Gasteiger partial charge in [0.25, 0.3) is 5.91 Å². The van der Waals surface area contributed by atoms with Crippen LogP contribution >= 0.6 is 11.6 Å². The van der Waals surface area contributed by atoms with Crippen molar-refractivity contribution >= 4 is 33.3 Å². The number of aliphatic hydroxyl groups is 1. The van der Waals surface area contributed by atoms with Gasteiger partial charge in [-0.2, -0.15) is 0 Å². The van der Waals surface area contributed by atoms with Gasteiger partial charge in [-0.15, -0.1) is 0 Å². The summed E-state index contributed by atoms with van der Waals surface area (Å²) in [5, 5.41) is 20.2. The molecule has 0 aliphatic carbocycles. The predicted molar refractivity (Wildman–Crippen MR) is 75.1 cm³/mol. The number of amides is 1. The van der Waals surface area contributed by atoms with E-state index in [-0.39, 0.29) is 15.5 Å². The van der Waals surface area contributed by atoms with Crippen molar-refractivity contribution < 1.29 is 28.2 Å². The number of carbonyl (C=O) groups is 2. The van der Waals surface area contributed by atoms with E-state index in [1.807, 2.05) is 0 Å². The summed E-state index contributed by atoms with van der Waals surface area (Å²) in [6.45, 7) is 1.21. The summed E-state index contributed by atoms with van der Waals surface area (Å²) in [7, 11) is -3.63. The van der Waals surface area contributed by atoms with Gasteiger partial charge in [0.2, 0.25) is 0 Å². The second-order valence-electron chi connectivity index (χ2n) is 4.45. The third kappa shape index (κ3) is 4.42. The molecule has 1 amide bonds. The number of carbonyl (C=O) groups excluding carboxylic acids is 1. The Morgan fingerprint density at radius 1 is 1.33 bits per heavy atom. The van der Waals surface area contributed by atoms with Crippen LogP contribution in [0.15, 0.2) is 23.1 Å².